The SMILES string of the molecule is C=CCN(CC(=O)N(Cc1ccccc1)Cc1coc2ccc(C)cc2c1=O)C(=O)c1cccc(OC)c1. The Morgan fingerprint density at radius 3 is 2.50 bits per heavy atom. The summed E-state index contributed by atoms with van der Waals surface area (Å²) >= 11 is 0. The molecule has 7 heteroatoms. The van der Waals surface area contributed by atoms with Crippen LogP contribution in [-0.4, -0.2) is 41.8 Å². The van der Waals surface area contributed by atoms with E-state index in [9.17, 15) is 14.4 Å². The second-order valence-corrected chi connectivity index (χ2v) is 9.03. The first kappa shape index (κ1) is 26.4. The summed E-state index contributed by atoms with van der Waals surface area (Å²) in [6.45, 7) is 5.95. The molecule has 0 aliphatic carbocycles. The Labute approximate surface area is 221 Å². The van der Waals surface area contributed by atoms with E-state index in [-0.39, 0.29) is 43.4 Å². The molecule has 0 unspecified atom stereocenters. The summed E-state index contributed by atoms with van der Waals surface area (Å²) < 4.78 is 11.0. The summed E-state index contributed by atoms with van der Waals surface area (Å²) in [6.07, 6.45) is 2.99. The number of carbonyl (C=O) groups excluding carboxylic acids is 2. The van der Waals surface area contributed by atoms with Crippen molar-refractivity contribution >= 4 is 22.8 Å². The second-order valence-electron chi connectivity index (χ2n) is 9.03. The number of amides is 2. The van der Waals surface area contributed by atoms with Crippen molar-refractivity contribution in [2.45, 2.75) is 20.0 Å². The van der Waals surface area contributed by atoms with Gasteiger partial charge in [-0.05, 0) is 42.8 Å². The van der Waals surface area contributed by atoms with Crippen LogP contribution in [0.1, 0.15) is 27.0 Å². The number of ether oxygens (including phenoxy) is 1. The van der Waals surface area contributed by atoms with Gasteiger partial charge in [0.2, 0.25) is 5.91 Å². The average Bonchev–Trinajstić information content (AvgIpc) is 2.94. The van der Waals surface area contributed by atoms with Gasteiger partial charge in [0.25, 0.3) is 5.91 Å². The first-order valence-corrected chi connectivity index (χ1v) is 12.3. The Kier molecular flexibility index (Phi) is 8.38. The molecule has 4 aromatic rings. The van der Waals surface area contributed by atoms with Crippen molar-refractivity contribution in [2.75, 3.05) is 20.2 Å². The van der Waals surface area contributed by atoms with Crippen LogP contribution >= 0.6 is 0 Å². The van der Waals surface area contributed by atoms with Crippen LogP contribution in [0, 0.1) is 6.92 Å². The van der Waals surface area contributed by atoms with Gasteiger partial charge in [0.05, 0.1) is 30.9 Å². The normalized spacial score (nSPS) is 10.7. The molecule has 0 spiro atoms. The maximum Gasteiger partial charge on any atom is 0.254 e. The molecule has 4 rings (SSSR count). The van der Waals surface area contributed by atoms with Crippen molar-refractivity contribution in [3.63, 3.8) is 0 Å². The number of methoxy groups -OCH3 is 1. The minimum Gasteiger partial charge on any atom is -0.497 e. The van der Waals surface area contributed by atoms with Gasteiger partial charge < -0.3 is 19.0 Å². The standard InChI is InChI=1S/C31H30N2O5/c1-4-15-32(31(36)24-11-8-12-26(17-24)37-3)20-29(34)33(18-23-9-6-5-7-10-23)19-25-21-38-28-14-13-22(2)16-27(28)30(25)35/h4-14,16-17,21H,1,15,18-20H2,2-3H3. The van der Waals surface area contributed by atoms with Crippen molar-refractivity contribution < 1.29 is 18.7 Å². The highest BCUT2D eigenvalue weighted by molar-refractivity contribution is 5.97. The molecule has 38 heavy (non-hydrogen) atoms. The fourth-order valence-electron chi connectivity index (χ4n) is 4.21. The number of benzene rings is 3. The van der Waals surface area contributed by atoms with E-state index in [1.54, 1.807) is 47.4 Å². The van der Waals surface area contributed by atoms with Crippen LogP contribution in [0.3, 0.4) is 0 Å². The molecule has 0 fully saturated rings. The third-order valence-electron chi connectivity index (χ3n) is 6.21. The summed E-state index contributed by atoms with van der Waals surface area (Å²) in [5.41, 5.74) is 2.91. The molecule has 3 aromatic carbocycles. The summed E-state index contributed by atoms with van der Waals surface area (Å²) in [5.74, 6) is -0.0853. The Morgan fingerprint density at radius 2 is 1.76 bits per heavy atom. The van der Waals surface area contributed by atoms with Crippen LogP contribution in [0.2, 0.25) is 0 Å². The van der Waals surface area contributed by atoms with Crippen molar-refractivity contribution in [1.82, 2.24) is 9.80 Å². The lowest BCUT2D eigenvalue weighted by Crippen LogP contribution is -2.43. The summed E-state index contributed by atoms with van der Waals surface area (Å²) in [7, 11) is 1.53. The first-order valence-electron chi connectivity index (χ1n) is 12.3. The molecule has 0 radical (unpaired) electrons. The molecule has 0 saturated heterocycles. The largest absolute Gasteiger partial charge is 0.497 e. The highest BCUT2D eigenvalue weighted by Crippen LogP contribution is 2.17. The predicted molar refractivity (Wildman–Crippen MR) is 147 cm³/mol. The molecular weight excluding hydrogens is 480 g/mol. The number of hydrogen-bond acceptors (Lipinski definition) is 5. The molecule has 0 saturated carbocycles. The number of nitrogens with zero attached hydrogens (tertiary/aromatic N) is 2. The molecule has 2 amide bonds. The van der Waals surface area contributed by atoms with Crippen molar-refractivity contribution in [3.05, 3.63) is 124 Å². The van der Waals surface area contributed by atoms with E-state index in [4.69, 9.17) is 9.15 Å². The summed E-state index contributed by atoms with van der Waals surface area (Å²) in [4.78, 5) is 43.2. The number of fused-ring (bicyclic) bond motifs is 1. The molecule has 194 valence electrons. The van der Waals surface area contributed by atoms with Crippen molar-refractivity contribution in [1.29, 1.82) is 0 Å². The Balaban J connectivity index is 1.63. The zero-order valence-corrected chi connectivity index (χ0v) is 21.6. The van der Waals surface area contributed by atoms with E-state index in [2.05, 4.69) is 6.58 Å². The lowest BCUT2D eigenvalue weighted by atomic mass is 10.1. The monoisotopic (exact) mass is 510 g/mol. The van der Waals surface area contributed by atoms with Crippen LogP contribution in [0.25, 0.3) is 11.0 Å². The smallest absolute Gasteiger partial charge is 0.254 e. The van der Waals surface area contributed by atoms with Crippen LogP contribution in [0.15, 0.2) is 101 Å². The van der Waals surface area contributed by atoms with Gasteiger partial charge in [-0.25, -0.2) is 0 Å². The van der Waals surface area contributed by atoms with Crippen LogP contribution in [0.5, 0.6) is 5.75 Å². The second kappa shape index (κ2) is 12.1. The molecule has 0 atom stereocenters. The van der Waals surface area contributed by atoms with Gasteiger partial charge in [-0.2, -0.15) is 0 Å². The van der Waals surface area contributed by atoms with Crippen LogP contribution in [-0.2, 0) is 17.9 Å². The number of hydrogen-bond donors (Lipinski definition) is 0. The fraction of sp³-hybridized carbons (Fsp3) is 0.194. The zero-order valence-electron chi connectivity index (χ0n) is 21.6. The molecule has 0 N–H and O–H groups in total. The third-order valence-corrected chi connectivity index (χ3v) is 6.21. The number of carbonyl (C=O) groups is 2. The highest BCUT2D eigenvalue weighted by Gasteiger charge is 2.23. The van der Waals surface area contributed by atoms with Crippen LogP contribution in [0.4, 0.5) is 0 Å². The van der Waals surface area contributed by atoms with Gasteiger partial charge in [0.1, 0.15) is 17.9 Å². The van der Waals surface area contributed by atoms with E-state index >= 15 is 0 Å². The van der Waals surface area contributed by atoms with E-state index < -0.39 is 0 Å². The predicted octanol–water partition coefficient (Wildman–Crippen LogP) is 4.97. The molecule has 7 nitrogen and oxygen atoms in total. The summed E-state index contributed by atoms with van der Waals surface area (Å²) in [5, 5.41) is 0.469. The minimum absolute atomic E-state index is 0.0369. The topological polar surface area (TPSA) is 80.1 Å². The van der Waals surface area contributed by atoms with Crippen molar-refractivity contribution in [3.8, 4) is 5.75 Å². The fourth-order valence-corrected chi connectivity index (χ4v) is 4.21. The van der Waals surface area contributed by atoms with Gasteiger partial charge in [0, 0.05) is 18.7 Å². The maximum absolute atomic E-state index is 13.7. The third kappa shape index (κ3) is 6.18. The van der Waals surface area contributed by atoms with Gasteiger partial charge >= 0.3 is 0 Å². The maximum atomic E-state index is 13.7. The van der Waals surface area contributed by atoms with Gasteiger partial charge in [-0.3, -0.25) is 14.4 Å². The first-order chi connectivity index (χ1) is 18.4. The molecule has 0 aliphatic heterocycles. The number of aryl methyl sites for hydroxylation is 1. The van der Waals surface area contributed by atoms with Gasteiger partial charge in [-0.1, -0.05) is 54.1 Å². The molecular formula is C31H30N2O5. The van der Waals surface area contributed by atoms with Crippen molar-refractivity contribution in [2.24, 2.45) is 0 Å². The Hall–Kier alpha value is -4.65. The highest BCUT2D eigenvalue weighted by atomic mass is 16.5. The van der Waals surface area contributed by atoms with E-state index in [0.29, 0.717) is 27.8 Å². The molecule has 1 aromatic heterocycles. The Bertz CT molecular complexity index is 1510. The quantitative estimate of drug-likeness (QED) is 0.282. The summed E-state index contributed by atoms with van der Waals surface area (Å²) in [6, 6.07) is 21.7. The van der Waals surface area contributed by atoms with Gasteiger partial charge in [0.15, 0.2) is 5.43 Å². The minimum atomic E-state index is -0.322. The average molecular weight is 511 g/mol. The zero-order chi connectivity index (χ0) is 27.1. The molecule has 1 heterocycles. The Morgan fingerprint density at radius 1 is 0.974 bits per heavy atom. The van der Waals surface area contributed by atoms with E-state index in [0.717, 1.165) is 11.1 Å². The lowest BCUT2D eigenvalue weighted by molar-refractivity contribution is -0.133. The molecule has 0 aliphatic rings. The van der Waals surface area contributed by atoms with Gasteiger partial charge in [-0.15, -0.1) is 6.58 Å². The van der Waals surface area contributed by atoms with Crippen LogP contribution < -0.4 is 10.2 Å². The lowest BCUT2D eigenvalue weighted by Gasteiger charge is -2.27. The number of rotatable bonds is 10. The van der Waals surface area contributed by atoms with E-state index in [1.807, 2.05) is 43.3 Å². The molecule has 0 bridgehead atoms. The van der Waals surface area contributed by atoms with E-state index in [1.165, 1.54) is 18.3 Å².